The van der Waals surface area contributed by atoms with Crippen LogP contribution in [0.15, 0.2) is 33.7 Å². The van der Waals surface area contributed by atoms with Crippen LogP contribution < -0.4 is 10.5 Å². The van der Waals surface area contributed by atoms with E-state index in [1.54, 1.807) is 24.4 Å². The molecule has 0 saturated heterocycles. The average molecular weight is 311 g/mol. The first kappa shape index (κ1) is 15.8. The Morgan fingerprint density at radius 3 is 2.71 bits per heavy atom. The van der Waals surface area contributed by atoms with Crippen LogP contribution in [-0.2, 0) is 29.7 Å². The van der Waals surface area contributed by atoms with Crippen LogP contribution >= 0.6 is 0 Å². The van der Waals surface area contributed by atoms with Crippen LogP contribution in [-0.4, -0.2) is 13.0 Å². The molecule has 2 aromatic rings. The van der Waals surface area contributed by atoms with Gasteiger partial charge in [0.1, 0.15) is 11.5 Å². The minimum atomic E-state index is -3.57. The summed E-state index contributed by atoms with van der Waals surface area (Å²) in [7, 11) is -3.57. The van der Waals surface area contributed by atoms with Crippen LogP contribution in [0.2, 0.25) is 0 Å². The predicted molar refractivity (Wildman–Crippen MR) is 80.1 cm³/mol. The summed E-state index contributed by atoms with van der Waals surface area (Å²) < 4.78 is 34.4. The largest absolute Gasteiger partial charge is 0.465 e. The van der Waals surface area contributed by atoms with E-state index < -0.39 is 10.0 Å². The van der Waals surface area contributed by atoms with Gasteiger partial charge in [-0.3, -0.25) is 0 Å². The molecule has 116 valence electrons. The number of aromatic nitrogens is 1. The summed E-state index contributed by atoms with van der Waals surface area (Å²) in [4.78, 5) is 0.236. The van der Waals surface area contributed by atoms with Gasteiger partial charge in [0.05, 0.1) is 11.4 Å². The number of furan rings is 1. The molecule has 3 N–H and O–H groups in total. The summed E-state index contributed by atoms with van der Waals surface area (Å²) in [6.07, 6.45) is 2.54. The third-order valence-corrected chi connectivity index (χ3v) is 4.55. The molecule has 0 aliphatic carbocycles. The number of aryl methyl sites for hydroxylation is 2. The van der Waals surface area contributed by atoms with E-state index in [1.165, 1.54) is 0 Å². The van der Waals surface area contributed by atoms with E-state index >= 15 is 0 Å². The smallest absolute Gasteiger partial charge is 0.242 e. The molecule has 7 heteroatoms. The number of nitrogens with two attached hydrogens (primary N) is 1. The van der Waals surface area contributed by atoms with Crippen LogP contribution in [0.1, 0.15) is 30.6 Å². The fourth-order valence-corrected chi connectivity index (χ4v) is 3.18. The van der Waals surface area contributed by atoms with Crippen LogP contribution in [0.3, 0.4) is 0 Å². The van der Waals surface area contributed by atoms with E-state index in [9.17, 15) is 8.42 Å². The average Bonchev–Trinajstić information content (AvgIpc) is 3.04. The van der Waals surface area contributed by atoms with Crippen molar-refractivity contribution < 1.29 is 12.8 Å². The Kier molecular flexibility index (Phi) is 4.87. The van der Waals surface area contributed by atoms with E-state index in [1.807, 2.05) is 18.4 Å². The Morgan fingerprint density at radius 2 is 2.14 bits per heavy atom. The fourth-order valence-electron chi connectivity index (χ4n) is 2.12. The van der Waals surface area contributed by atoms with Crippen molar-refractivity contribution in [1.82, 2.24) is 9.29 Å². The standard InChI is InChI=1S/C14H21N3O3S/c1-3-6-17-10-14(7-12(17)8-15)21(18,19)16-9-13-5-4-11(2)20-13/h4-5,7,10,16H,3,6,8-9,15H2,1-2H3. The van der Waals surface area contributed by atoms with Gasteiger partial charge in [-0.15, -0.1) is 0 Å². The van der Waals surface area contributed by atoms with Gasteiger partial charge in [0.15, 0.2) is 0 Å². The molecule has 6 nitrogen and oxygen atoms in total. The van der Waals surface area contributed by atoms with Gasteiger partial charge in [0.25, 0.3) is 0 Å². The molecule has 0 radical (unpaired) electrons. The van der Waals surface area contributed by atoms with Crippen molar-refractivity contribution in [3.05, 3.63) is 41.6 Å². The third-order valence-electron chi connectivity index (χ3n) is 3.18. The first-order valence-corrected chi connectivity index (χ1v) is 8.38. The molecule has 0 saturated carbocycles. The lowest BCUT2D eigenvalue weighted by Gasteiger charge is -2.04. The molecule has 0 aromatic carbocycles. The molecular formula is C14H21N3O3S. The molecule has 21 heavy (non-hydrogen) atoms. The van der Waals surface area contributed by atoms with Gasteiger partial charge in [-0.25, -0.2) is 13.1 Å². The van der Waals surface area contributed by atoms with Crippen LogP contribution in [0, 0.1) is 6.92 Å². The molecule has 0 aliphatic rings. The summed E-state index contributed by atoms with van der Waals surface area (Å²) in [5.41, 5.74) is 6.47. The lowest BCUT2D eigenvalue weighted by molar-refractivity contribution is 0.475. The highest BCUT2D eigenvalue weighted by atomic mass is 32.2. The molecule has 2 aromatic heterocycles. The number of hydrogen-bond acceptors (Lipinski definition) is 4. The maximum atomic E-state index is 12.3. The van der Waals surface area contributed by atoms with Gasteiger partial charge in [0.2, 0.25) is 10.0 Å². The van der Waals surface area contributed by atoms with Gasteiger partial charge in [0, 0.05) is 25.0 Å². The van der Waals surface area contributed by atoms with E-state index in [0.29, 0.717) is 12.3 Å². The molecule has 0 bridgehead atoms. The number of hydrogen-bond donors (Lipinski definition) is 2. The van der Waals surface area contributed by atoms with Crippen molar-refractivity contribution in [2.75, 3.05) is 0 Å². The van der Waals surface area contributed by atoms with Crippen molar-refractivity contribution in [1.29, 1.82) is 0 Å². The highest BCUT2D eigenvalue weighted by Crippen LogP contribution is 2.16. The first-order valence-electron chi connectivity index (χ1n) is 6.90. The quantitative estimate of drug-likeness (QED) is 0.815. The molecule has 2 rings (SSSR count). The Labute approximate surface area is 125 Å². The van der Waals surface area contributed by atoms with Crippen LogP contribution in [0.4, 0.5) is 0 Å². The van der Waals surface area contributed by atoms with Crippen LogP contribution in [0.25, 0.3) is 0 Å². The lowest BCUT2D eigenvalue weighted by Crippen LogP contribution is -2.22. The Bertz CT molecular complexity index is 701. The van der Waals surface area contributed by atoms with Crippen molar-refractivity contribution in [2.45, 2.75) is 44.8 Å². The maximum absolute atomic E-state index is 12.3. The Balaban J connectivity index is 2.15. The molecule has 0 unspecified atom stereocenters. The lowest BCUT2D eigenvalue weighted by atomic mass is 10.4. The van der Waals surface area contributed by atoms with Gasteiger partial charge >= 0.3 is 0 Å². The van der Waals surface area contributed by atoms with E-state index in [-0.39, 0.29) is 11.4 Å². The van der Waals surface area contributed by atoms with Crippen molar-refractivity contribution in [3.63, 3.8) is 0 Å². The SMILES string of the molecule is CCCn1cc(S(=O)(=O)NCc2ccc(C)o2)cc1CN. The summed E-state index contributed by atoms with van der Waals surface area (Å²) in [5, 5.41) is 0. The van der Waals surface area contributed by atoms with Crippen molar-refractivity contribution >= 4 is 10.0 Å². The number of sulfonamides is 1. The van der Waals surface area contributed by atoms with Gasteiger partial charge in [-0.1, -0.05) is 6.92 Å². The van der Waals surface area contributed by atoms with Gasteiger partial charge in [-0.2, -0.15) is 0 Å². The number of nitrogens with one attached hydrogen (secondary N) is 1. The monoisotopic (exact) mass is 311 g/mol. The molecule has 0 amide bonds. The van der Waals surface area contributed by atoms with Crippen LogP contribution in [0.5, 0.6) is 0 Å². The molecule has 0 atom stereocenters. The summed E-state index contributed by atoms with van der Waals surface area (Å²) >= 11 is 0. The highest BCUT2D eigenvalue weighted by Gasteiger charge is 2.18. The van der Waals surface area contributed by atoms with Gasteiger partial charge in [-0.05, 0) is 31.5 Å². The first-order chi connectivity index (χ1) is 9.96. The van der Waals surface area contributed by atoms with E-state index in [0.717, 1.165) is 24.4 Å². The number of nitrogens with zero attached hydrogens (tertiary/aromatic N) is 1. The second-order valence-electron chi connectivity index (χ2n) is 4.90. The zero-order valence-electron chi connectivity index (χ0n) is 12.3. The maximum Gasteiger partial charge on any atom is 0.242 e. The Morgan fingerprint density at radius 1 is 1.38 bits per heavy atom. The Hall–Kier alpha value is -1.57. The predicted octanol–water partition coefficient (Wildman–Crippen LogP) is 1.74. The molecule has 0 aliphatic heterocycles. The topological polar surface area (TPSA) is 90.3 Å². The highest BCUT2D eigenvalue weighted by molar-refractivity contribution is 7.89. The molecular weight excluding hydrogens is 290 g/mol. The van der Waals surface area contributed by atoms with Crippen molar-refractivity contribution in [2.24, 2.45) is 5.73 Å². The minimum absolute atomic E-state index is 0.132. The van der Waals surface area contributed by atoms with E-state index in [4.69, 9.17) is 10.2 Å². The zero-order valence-corrected chi connectivity index (χ0v) is 13.1. The number of rotatable bonds is 7. The van der Waals surface area contributed by atoms with E-state index in [2.05, 4.69) is 4.72 Å². The summed E-state index contributed by atoms with van der Waals surface area (Å²) in [5.74, 6) is 1.34. The molecule has 2 heterocycles. The van der Waals surface area contributed by atoms with Gasteiger partial charge < -0.3 is 14.7 Å². The normalized spacial score (nSPS) is 12.0. The second kappa shape index (κ2) is 6.46. The fraction of sp³-hybridized carbons (Fsp3) is 0.429. The zero-order chi connectivity index (χ0) is 15.5. The summed E-state index contributed by atoms with van der Waals surface area (Å²) in [6, 6.07) is 5.17. The summed E-state index contributed by atoms with van der Waals surface area (Å²) in [6.45, 7) is 5.04. The minimum Gasteiger partial charge on any atom is -0.465 e. The molecule has 0 fully saturated rings. The molecule has 0 spiro atoms. The second-order valence-corrected chi connectivity index (χ2v) is 6.67. The van der Waals surface area contributed by atoms with Crippen molar-refractivity contribution in [3.8, 4) is 0 Å². The third kappa shape index (κ3) is 3.75.